The van der Waals surface area contributed by atoms with Crippen LogP contribution in [-0.2, 0) is 5.41 Å². The molecule has 0 atom stereocenters. The molecule has 2 aromatic rings. The van der Waals surface area contributed by atoms with Crippen LogP contribution in [0.3, 0.4) is 0 Å². The molecule has 4 nitrogen and oxygen atoms in total. The number of hydrogen-bond donors (Lipinski definition) is 2. The Morgan fingerprint density at radius 3 is 1.55 bits per heavy atom. The third-order valence-corrected chi connectivity index (χ3v) is 5.86. The number of fused-ring (bicyclic) bond motifs is 3. The molecule has 2 aromatic carbocycles. The van der Waals surface area contributed by atoms with Crippen LogP contribution in [0.15, 0.2) is 36.4 Å². The molecule has 0 heterocycles. The van der Waals surface area contributed by atoms with Gasteiger partial charge in [-0.25, -0.2) is 0 Å². The van der Waals surface area contributed by atoms with Gasteiger partial charge >= 0.3 is 0 Å². The van der Waals surface area contributed by atoms with Crippen molar-refractivity contribution in [1.29, 1.82) is 0 Å². The summed E-state index contributed by atoms with van der Waals surface area (Å²) in [6.07, 6.45) is 5.98. The van der Waals surface area contributed by atoms with Crippen LogP contribution in [0, 0.1) is 0 Å². The van der Waals surface area contributed by atoms with E-state index >= 15 is 0 Å². The van der Waals surface area contributed by atoms with Crippen molar-refractivity contribution in [2.45, 2.75) is 57.8 Å². The molecule has 1 aliphatic rings. The summed E-state index contributed by atoms with van der Waals surface area (Å²) in [6, 6.07) is 13.1. The van der Waals surface area contributed by atoms with Gasteiger partial charge in [0.15, 0.2) is 0 Å². The number of rotatable bonds is 12. The van der Waals surface area contributed by atoms with E-state index in [0.717, 1.165) is 63.2 Å². The van der Waals surface area contributed by atoms with E-state index in [1.54, 1.807) is 0 Å². The van der Waals surface area contributed by atoms with Gasteiger partial charge in [0.25, 0.3) is 0 Å². The molecule has 29 heavy (non-hydrogen) atoms. The first-order valence-electron chi connectivity index (χ1n) is 11.1. The molecule has 4 N–H and O–H groups in total. The highest BCUT2D eigenvalue weighted by atomic mass is 16.5. The number of ether oxygens (including phenoxy) is 2. The fourth-order valence-electron chi connectivity index (χ4n) is 4.54. The topological polar surface area (TPSA) is 70.5 Å². The maximum absolute atomic E-state index is 5.98. The SMILES string of the molecule is CCCOc1ccc2c(c1)C(CCCN)(CCCN)c1cc(OCCC)ccc1-2. The second-order valence-corrected chi connectivity index (χ2v) is 7.98. The second-order valence-electron chi connectivity index (χ2n) is 7.98. The van der Waals surface area contributed by atoms with Gasteiger partial charge in [-0.1, -0.05) is 26.0 Å². The number of nitrogens with two attached hydrogens (primary N) is 2. The lowest BCUT2D eigenvalue weighted by molar-refractivity contribution is 0.314. The molecule has 0 saturated heterocycles. The van der Waals surface area contributed by atoms with E-state index in [-0.39, 0.29) is 5.41 Å². The minimum atomic E-state index is -0.0828. The largest absolute Gasteiger partial charge is 0.494 e. The van der Waals surface area contributed by atoms with Crippen molar-refractivity contribution in [3.05, 3.63) is 47.5 Å². The van der Waals surface area contributed by atoms with Crippen LogP contribution >= 0.6 is 0 Å². The predicted molar refractivity (Wildman–Crippen MR) is 121 cm³/mol. The van der Waals surface area contributed by atoms with Crippen molar-refractivity contribution >= 4 is 0 Å². The number of benzene rings is 2. The van der Waals surface area contributed by atoms with E-state index in [1.165, 1.54) is 22.3 Å². The molecule has 0 aromatic heterocycles. The van der Waals surface area contributed by atoms with Gasteiger partial charge in [0, 0.05) is 5.41 Å². The molecule has 0 radical (unpaired) electrons. The number of hydrogen-bond acceptors (Lipinski definition) is 4. The average molecular weight is 397 g/mol. The van der Waals surface area contributed by atoms with Gasteiger partial charge in [-0.3, -0.25) is 0 Å². The van der Waals surface area contributed by atoms with E-state index < -0.39 is 0 Å². The summed E-state index contributed by atoms with van der Waals surface area (Å²) in [7, 11) is 0. The lowest BCUT2D eigenvalue weighted by Gasteiger charge is -2.33. The monoisotopic (exact) mass is 396 g/mol. The maximum Gasteiger partial charge on any atom is 0.119 e. The summed E-state index contributed by atoms with van der Waals surface area (Å²) in [5.74, 6) is 1.90. The molecular weight excluding hydrogens is 360 g/mol. The van der Waals surface area contributed by atoms with Crippen LogP contribution in [0.1, 0.15) is 63.5 Å². The smallest absolute Gasteiger partial charge is 0.119 e. The van der Waals surface area contributed by atoms with Gasteiger partial charge in [-0.15, -0.1) is 0 Å². The lowest BCUT2D eigenvalue weighted by Crippen LogP contribution is -2.27. The molecule has 3 rings (SSSR count). The minimum absolute atomic E-state index is 0.0828. The summed E-state index contributed by atoms with van der Waals surface area (Å²) in [6.45, 7) is 7.11. The molecule has 0 spiro atoms. The Hall–Kier alpha value is -2.04. The molecular formula is C25H36N2O2. The van der Waals surface area contributed by atoms with E-state index in [9.17, 15) is 0 Å². The van der Waals surface area contributed by atoms with Crippen molar-refractivity contribution in [2.24, 2.45) is 11.5 Å². The quantitative estimate of drug-likeness (QED) is 0.529. The normalized spacial score (nSPS) is 13.8. The van der Waals surface area contributed by atoms with Crippen molar-refractivity contribution in [1.82, 2.24) is 0 Å². The van der Waals surface area contributed by atoms with Gasteiger partial charge < -0.3 is 20.9 Å². The molecule has 1 aliphatic carbocycles. The fraction of sp³-hybridized carbons (Fsp3) is 0.520. The predicted octanol–water partition coefficient (Wildman–Crippen LogP) is 5.01. The van der Waals surface area contributed by atoms with Crippen molar-refractivity contribution in [3.8, 4) is 22.6 Å². The van der Waals surface area contributed by atoms with E-state index in [2.05, 4.69) is 50.2 Å². The van der Waals surface area contributed by atoms with Crippen molar-refractivity contribution < 1.29 is 9.47 Å². The Bertz CT molecular complexity index is 736. The summed E-state index contributed by atoms with van der Waals surface area (Å²) < 4.78 is 12.0. The molecule has 0 aliphatic heterocycles. The van der Waals surface area contributed by atoms with Gasteiger partial charge in [0.1, 0.15) is 11.5 Å². The van der Waals surface area contributed by atoms with Gasteiger partial charge in [-0.2, -0.15) is 0 Å². The van der Waals surface area contributed by atoms with Crippen molar-refractivity contribution in [3.63, 3.8) is 0 Å². The minimum Gasteiger partial charge on any atom is -0.494 e. The van der Waals surface area contributed by atoms with Gasteiger partial charge in [0.05, 0.1) is 13.2 Å². The van der Waals surface area contributed by atoms with Crippen LogP contribution in [0.2, 0.25) is 0 Å². The zero-order chi connectivity index (χ0) is 20.7. The first-order valence-corrected chi connectivity index (χ1v) is 11.1. The standard InChI is InChI=1S/C25H36N2O2/c1-3-15-28-19-7-9-21-22-10-8-20(29-16-4-2)18-24(22)25(11-5-13-26,12-6-14-27)23(21)17-19/h7-10,17-18H,3-6,11-16,26-27H2,1-2H3. The Labute approximate surface area is 175 Å². The Balaban J connectivity index is 2.12. The molecule has 158 valence electrons. The van der Waals surface area contributed by atoms with E-state index in [4.69, 9.17) is 20.9 Å². The van der Waals surface area contributed by atoms with E-state index in [0.29, 0.717) is 13.1 Å². The summed E-state index contributed by atoms with van der Waals surface area (Å²) in [5.41, 5.74) is 17.1. The molecule has 0 unspecified atom stereocenters. The molecule has 4 heteroatoms. The van der Waals surface area contributed by atoms with Crippen LogP contribution in [0.5, 0.6) is 11.5 Å². The molecule has 0 amide bonds. The summed E-state index contributed by atoms with van der Waals surface area (Å²) in [4.78, 5) is 0. The molecule has 0 bridgehead atoms. The second kappa shape index (κ2) is 10.1. The highest BCUT2D eigenvalue weighted by Gasteiger charge is 2.42. The third-order valence-electron chi connectivity index (χ3n) is 5.86. The average Bonchev–Trinajstić information content (AvgIpc) is 3.02. The van der Waals surface area contributed by atoms with Crippen LogP contribution in [0.4, 0.5) is 0 Å². The first-order chi connectivity index (χ1) is 14.2. The van der Waals surface area contributed by atoms with Gasteiger partial charge in [-0.05, 0) is 98.1 Å². The fourth-order valence-corrected chi connectivity index (χ4v) is 4.54. The molecule has 0 saturated carbocycles. The van der Waals surface area contributed by atoms with Gasteiger partial charge in [0.2, 0.25) is 0 Å². The first kappa shape index (κ1) is 21.7. The summed E-state index contributed by atoms with van der Waals surface area (Å²) >= 11 is 0. The van der Waals surface area contributed by atoms with Crippen LogP contribution in [0.25, 0.3) is 11.1 Å². The highest BCUT2D eigenvalue weighted by molar-refractivity contribution is 5.82. The Kier molecular flexibility index (Phi) is 7.57. The van der Waals surface area contributed by atoms with E-state index in [1.807, 2.05) is 0 Å². The zero-order valence-corrected chi connectivity index (χ0v) is 18.0. The van der Waals surface area contributed by atoms with Crippen LogP contribution < -0.4 is 20.9 Å². The third kappa shape index (κ3) is 4.44. The maximum atomic E-state index is 5.98. The van der Waals surface area contributed by atoms with Crippen LogP contribution in [-0.4, -0.2) is 26.3 Å². The molecule has 0 fully saturated rings. The Morgan fingerprint density at radius 2 is 1.17 bits per heavy atom. The lowest BCUT2D eigenvalue weighted by atomic mass is 9.71. The summed E-state index contributed by atoms with van der Waals surface area (Å²) in [5, 5.41) is 0. The zero-order valence-electron chi connectivity index (χ0n) is 18.0. The van der Waals surface area contributed by atoms with Crippen molar-refractivity contribution in [2.75, 3.05) is 26.3 Å². The Morgan fingerprint density at radius 1 is 0.724 bits per heavy atom. The highest BCUT2D eigenvalue weighted by Crippen LogP contribution is 2.55.